The molecular weight excluding hydrogens is 272 g/mol. The average molecular weight is 290 g/mol. The second-order valence-corrected chi connectivity index (χ2v) is 5.10. The maximum Gasteiger partial charge on any atom is 0.246 e. The number of benzene rings is 2. The lowest BCUT2D eigenvalue weighted by molar-refractivity contribution is -0.126. The van der Waals surface area contributed by atoms with Crippen LogP contribution in [0.5, 0.6) is 0 Å². The van der Waals surface area contributed by atoms with Gasteiger partial charge in [0.25, 0.3) is 0 Å². The van der Waals surface area contributed by atoms with Crippen LogP contribution in [0.3, 0.4) is 0 Å². The summed E-state index contributed by atoms with van der Waals surface area (Å²) in [6, 6.07) is 19.1. The van der Waals surface area contributed by atoms with Crippen LogP contribution in [0.15, 0.2) is 60.7 Å². The average Bonchev–Trinajstić information content (AvgIpc) is 2.59. The summed E-state index contributed by atoms with van der Waals surface area (Å²) in [4.78, 5) is 13.9. The van der Waals surface area contributed by atoms with Crippen LogP contribution in [0.4, 0.5) is 0 Å². The summed E-state index contributed by atoms with van der Waals surface area (Å²) in [5.41, 5.74) is 2.61. The lowest BCUT2D eigenvalue weighted by atomic mass is 10.1. The third kappa shape index (κ3) is 3.83. The Kier molecular flexibility index (Phi) is 5.11. The smallest absolute Gasteiger partial charge is 0.246 e. The quantitative estimate of drug-likeness (QED) is 0.804. The highest BCUT2D eigenvalue weighted by Crippen LogP contribution is 2.18. The van der Waals surface area contributed by atoms with E-state index in [1.165, 1.54) is 0 Å². The van der Waals surface area contributed by atoms with Gasteiger partial charge in [0.2, 0.25) is 5.91 Å². The van der Waals surface area contributed by atoms with E-state index in [0.717, 1.165) is 11.1 Å². The molecule has 1 unspecified atom stereocenters. The largest absolute Gasteiger partial charge is 0.335 e. The van der Waals surface area contributed by atoms with Gasteiger partial charge in [0.15, 0.2) is 0 Å². The van der Waals surface area contributed by atoms with Crippen LogP contribution in [-0.4, -0.2) is 17.9 Å². The molecule has 2 rings (SSSR count). The van der Waals surface area contributed by atoms with Crippen molar-refractivity contribution in [1.29, 1.82) is 5.26 Å². The molecule has 0 radical (unpaired) electrons. The zero-order valence-corrected chi connectivity index (χ0v) is 12.7. The molecule has 0 aliphatic carbocycles. The lowest BCUT2D eigenvalue weighted by Crippen LogP contribution is -2.27. The molecule has 0 aliphatic heterocycles. The molecule has 0 N–H and O–H groups in total. The van der Waals surface area contributed by atoms with E-state index >= 15 is 0 Å². The lowest BCUT2D eigenvalue weighted by Gasteiger charge is -2.24. The predicted molar refractivity (Wildman–Crippen MR) is 87.8 cm³/mol. The number of hydrogen-bond acceptors (Lipinski definition) is 2. The van der Waals surface area contributed by atoms with Gasteiger partial charge in [-0.15, -0.1) is 0 Å². The first-order valence-corrected chi connectivity index (χ1v) is 7.12. The van der Waals surface area contributed by atoms with Crippen LogP contribution in [-0.2, 0) is 4.79 Å². The second kappa shape index (κ2) is 7.24. The Labute approximate surface area is 131 Å². The van der Waals surface area contributed by atoms with Crippen molar-refractivity contribution in [2.45, 2.75) is 13.0 Å². The molecule has 0 fully saturated rings. The Morgan fingerprint density at radius 3 is 2.36 bits per heavy atom. The summed E-state index contributed by atoms with van der Waals surface area (Å²) >= 11 is 0. The van der Waals surface area contributed by atoms with Crippen molar-refractivity contribution in [1.82, 2.24) is 4.90 Å². The highest BCUT2D eigenvalue weighted by molar-refractivity contribution is 5.91. The molecule has 1 amide bonds. The van der Waals surface area contributed by atoms with Gasteiger partial charge >= 0.3 is 0 Å². The van der Waals surface area contributed by atoms with Gasteiger partial charge in [0.1, 0.15) is 0 Å². The molecule has 3 nitrogen and oxygen atoms in total. The highest BCUT2D eigenvalue weighted by Gasteiger charge is 2.14. The molecule has 1 atom stereocenters. The number of amides is 1. The van der Waals surface area contributed by atoms with E-state index in [9.17, 15) is 4.79 Å². The van der Waals surface area contributed by atoms with Gasteiger partial charge in [-0.2, -0.15) is 5.26 Å². The van der Waals surface area contributed by atoms with Gasteiger partial charge in [-0.25, -0.2) is 0 Å². The molecule has 0 saturated heterocycles. The fourth-order valence-electron chi connectivity index (χ4n) is 2.10. The standard InChI is InChI=1S/C19H18N2O/c1-15(18-6-4-3-5-7-18)21(2)19(22)13-12-16-8-10-17(14-20)11-9-16/h3-13,15H,1-2H3/b13-12+. The molecule has 2 aromatic carbocycles. The van der Waals surface area contributed by atoms with E-state index in [-0.39, 0.29) is 11.9 Å². The molecule has 0 bridgehead atoms. The van der Waals surface area contributed by atoms with Crippen molar-refractivity contribution in [2.75, 3.05) is 7.05 Å². The van der Waals surface area contributed by atoms with Crippen LogP contribution in [0, 0.1) is 11.3 Å². The van der Waals surface area contributed by atoms with Gasteiger partial charge in [-0.1, -0.05) is 42.5 Å². The van der Waals surface area contributed by atoms with Crippen LogP contribution < -0.4 is 0 Å². The minimum absolute atomic E-state index is 0.0133. The number of carbonyl (C=O) groups is 1. The summed E-state index contributed by atoms with van der Waals surface area (Å²) in [5.74, 6) is -0.0549. The van der Waals surface area contributed by atoms with Crippen molar-refractivity contribution in [2.24, 2.45) is 0 Å². The third-order valence-corrected chi connectivity index (χ3v) is 3.67. The summed E-state index contributed by atoms with van der Waals surface area (Å²) < 4.78 is 0. The molecule has 2 aromatic rings. The van der Waals surface area contributed by atoms with Crippen molar-refractivity contribution >= 4 is 12.0 Å². The number of nitrogens with zero attached hydrogens (tertiary/aromatic N) is 2. The fourth-order valence-corrected chi connectivity index (χ4v) is 2.10. The normalized spacial score (nSPS) is 11.9. The maximum absolute atomic E-state index is 12.2. The molecular formula is C19H18N2O. The number of rotatable bonds is 4. The summed E-state index contributed by atoms with van der Waals surface area (Å²) in [7, 11) is 1.79. The number of carbonyl (C=O) groups excluding carboxylic acids is 1. The summed E-state index contributed by atoms with van der Waals surface area (Å²) in [6.07, 6.45) is 3.32. The summed E-state index contributed by atoms with van der Waals surface area (Å²) in [5, 5.41) is 8.76. The number of hydrogen-bond donors (Lipinski definition) is 0. The number of likely N-dealkylation sites (N-methyl/N-ethyl adjacent to an activating group) is 1. The molecule has 0 spiro atoms. The Morgan fingerprint density at radius 1 is 1.14 bits per heavy atom. The van der Waals surface area contributed by atoms with Gasteiger partial charge in [0, 0.05) is 13.1 Å². The molecule has 0 aromatic heterocycles. The van der Waals surface area contributed by atoms with Crippen LogP contribution >= 0.6 is 0 Å². The van der Waals surface area contributed by atoms with E-state index < -0.39 is 0 Å². The van der Waals surface area contributed by atoms with E-state index in [0.29, 0.717) is 5.56 Å². The molecule has 110 valence electrons. The molecule has 22 heavy (non-hydrogen) atoms. The van der Waals surface area contributed by atoms with Crippen LogP contribution in [0.1, 0.15) is 29.7 Å². The highest BCUT2D eigenvalue weighted by atomic mass is 16.2. The summed E-state index contributed by atoms with van der Waals surface area (Å²) in [6.45, 7) is 2.00. The van der Waals surface area contributed by atoms with Gasteiger partial charge < -0.3 is 4.90 Å². The third-order valence-electron chi connectivity index (χ3n) is 3.67. The van der Waals surface area contributed by atoms with E-state index in [1.807, 2.05) is 49.4 Å². The minimum atomic E-state index is -0.0549. The van der Waals surface area contributed by atoms with Gasteiger partial charge in [-0.3, -0.25) is 4.79 Å². The first kappa shape index (κ1) is 15.5. The second-order valence-electron chi connectivity index (χ2n) is 5.10. The van der Waals surface area contributed by atoms with Crippen molar-refractivity contribution in [3.8, 4) is 6.07 Å². The zero-order valence-electron chi connectivity index (χ0n) is 12.7. The fraction of sp³-hybridized carbons (Fsp3) is 0.158. The maximum atomic E-state index is 12.2. The van der Waals surface area contributed by atoms with E-state index in [1.54, 1.807) is 36.2 Å². The predicted octanol–water partition coefficient (Wildman–Crippen LogP) is 3.79. The molecule has 0 aliphatic rings. The van der Waals surface area contributed by atoms with E-state index in [4.69, 9.17) is 5.26 Å². The minimum Gasteiger partial charge on any atom is -0.335 e. The topological polar surface area (TPSA) is 44.1 Å². The van der Waals surface area contributed by atoms with Crippen LogP contribution in [0.2, 0.25) is 0 Å². The van der Waals surface area contributed by atoms with Crippen molar-refractivity contribution in [3.63, 3.8) is 0 Å². The first-order valence-electron chi connectivity index (χ1n) is 7.12. The van der Waals surface area contributed by atoms with Gasteiger partial charge in [-0.05, 0) is 36.3 Å². The molecule has 3 heteroatoms. The number of nitriles is 1. The Bertz CT molecular complexity index is 696. The van der Waals surface area contributed by atoms with Crippen molar-refractivity contribution in [3.05, 3.63) is 77.4 Å². The Hall–Kier alpha value is -2.86. The molecule has 0 saturated carbocycles. The SMILES string of the molecule is CC(c1ccccc1)N(C)C(=O)/C=C/c1ccc(C#N)cc1. The van der Waals surface area contributed by atoms with Gasteiger partial charge in [0.05, 0.1) is 17.7 Å². The Balaban J connectivity index is 2.04. The van der Waals surface area contributed by atoms with E-state index in [2.05, 4.69) is 6.07 Å². The first-order chi connectivity index (χ1) is 10.6. The van der Waals surface area contributed by atoms with Crippen molar-refractivity contribution < 1.29 is 4.79 Å². The zero-order chi connectivity index (χ0) is 15.9. The molecule has 0 heterocycles. The van der Waals surface area contributed by atoms with Crippen LogP contribution in [0.25, 0.3) is 6.08 Å². The monoisotopic (exact) mass is 290 g/mol. The Morgan fingerprint density at radius 2 is 1.77 bits per heavy atom.